The maximum Gasteiger partial charge on any atom is 0.261 e. The van der Waals surface area contributed by atoms with Crippen molar-refractivity contribution in [2.75, 3.05) is 0 Å². The first-order valence-corrected chi connectivity index (χ1v) is 7.50. The fourth-order valence-corrected chi connectivity index (χ4v) is 2.47. The Bertz CT molecular complexity index is 696. The van der Waals surface area contributed by atoms with E-state index >= 15 is 0 Å². The molecule has 94 valence electrons. The highest BCUT2D eigenvalue weighted by Gasteiger charge is 2.14. The summed E-state index contributed by atoms with van der Waals surface area (Å²) in [4.78, 5) is -0.109. The van der Waals surface area contributed by atoms with Gasteiger partial charge in [-0.15, -0.1) is 0 Å². The van der Waals surface area contributed by atoms with Crippen LogP contribution in [0, 0.1) is 12.7 Å². The molecule has 0 aliphatic rings. The summed E-state index contributed by atoms with van der Waals surface area (Å²) < 4.78 is 36.2. The minimum absolute atomic E-state index is 0.109. The van der Waals surface area contributed by atoms with Gasteiger partial charge in [0.15, 0.2) is 0 Å². The maximum absolute atomic E-state index is 13.7. The Labute approximate surface area is 109 Å². The Morgan fingerprint density at radius 3 is 2.44 bits per heavy atom. The molecule has 0 saturated carbocycles. The smallest absolute Gasteiger partial charge is 0.207 e. The van der Waals surface area contributed by atoms with Gasteiger partial charge >= 0.3 is 0 Å². The molecule has 0 unspecified atom stereocenters. The average Bonchev–Trinajstić information content (AvgIpc) is 2.28. The van der Waals surface area contributed by atoms with Crippen molar-refractivity contribution in [2.24, 2.45) is 0 Å². The van der Waals surface area contributed by atoms with Crippen molar-refractivity contribution in [3.63, 3.8) is 0 Å². The van der Waals surface area contributed by atoms with Crippen LogP contribution in [0.4, 0.5) is 4.39 Å². The third-order valence-electron chi connectivity index (χ3n) is 2.55. The van der Waals surface area contributed by atoms with Crippen LogP contribution in [-0.2, 0) is 9.05 Å². The van der Waals surface area contributed by atoms with Gasteiger partial charge in [0.05, 0.1) is 4.90 Å². The first-order chi connectivity index (χ1) is 8.38. The summed E-state index contributed by atoms with van der Waals surface area (Å²) in [6.45, 7) is 1.88. The lowest BCUT2D eigenvalue weighted by Crippen LogP contribution is -1.93. The molecule has 2 rings (SSSR count). The number of benzene rings is 2. The van der Waals surface area contributed by atoms with E-state index in [-0.39, 0.29) is 10.5 Å². The minimum atomic E-state index is -3.85. The third-order valence-corrected chi connectivity index (χ3v) is 3.90. The first-order valence-electron chi connectivity index (χ1n) is 5.19. The number of rotatable bonds is 2. The van der Waals surface area contributed by atoms with Gasteiger partial charge in [0.2, 0.25) is 0 Å². The monoisotopic (exact) mass is 284 g/mol. The normalized spacial score (nSPS) is 11.5. The highest BCUT2D eigenvalue weighted by Crippen LogP contribution is 2.27. The van der Waals surface area contributed by atoms with Crippen molar-refractivity contribution in [1.29, 1.82) is 0 Å². The van der Waals surface area contributed by atoms with Crippen LogP contribution in [0.2, 0.25) is 0 Å². The van der Waals surface area contributed by atoms with E-state index in [1.807, 2.05) is 13.0 Å². The van der Waals surface area contributed by atoms with Gasteiger partial charge in [-0.2, -0.15) is 0 Å². The molecule has 0 radical (unpaired) electrons. The molecule has 18 heavy (non-hydrogen) atoms. The molecule has 0 fully saturated rings. The first kappa shape index (κ1) is 13.1. The van der Waals surface area contributed by atoms with Crippen molar-refractivity contribution in [1.82, 2.24) is 0 Å². The Morgan fingerprint density at radius 1 is 1.11 bits per heavy atom. The third kappa shape index (κ3) is 2.71. The van der Waals surface area contributed by atoms with Gasteiger partial charge in [-0.25, -0.2) is 12.8 Å². The van der Waals surface area contributed by atoms with Crippen molar-refractivity contribution in [3.05, 3.63) is 53.8 Å². The predicted molar refractivity (Wildman–Crippen MR) is 69.6 cm³/mol. The largest absolute Gasteiger partial charge is 0.261 e. The summed E-state index contributed by atoms with van der Waals surface area (Å²) in [5.41, 5.74) is 1.81. The summed E-state index contributed by atoms with van der Waals surface area (Å²) in [6.07, 6.45) is 0. The lowest BCUT2D eigenvalue weighted by Gasteiger charge is -2.06. The number of hydrogen-bond donors (Lipinski definition) is 0. The van der Waals surface area contributed by atoms with Crippen LogP contribution in [0.15, 0.2) is 47.4 Å². The van der Waals surface area contributed by atoms with Crippen molar-refractivity contribution in [2.45, 2.75) is 11.8 Å². The molecule has 0 N–H and O–H groups in total. The molecule has 0 heterocycles. The zero-order valence-corrected chi connectivity index (χ0v) is 11.1. The zero-order valence-electron chi connectivity index (χ0n) is 9.52. The second-order valence-corrected chi connectivity index (χ2v) is 6.51. The van der Waals surface area contributed by atoms with Gasteiger partial charge in [-0.1, -0.05) is 29.8 Å². The van der Waals surface area contributed by atoms with E-state index in [1.165, 1.54) is 6.07 Å². The molecule has 2 aromatic rings. The van der Waals surface area contributed by atoms with Crippen molar-refractivity contribution >= 4 is 19.7 Å². The van der Waals surface area contributed by atoms with Crippen LogP contribution in [0.1, 0.15) is 5.56 Å². The SMILES string of the molecule is Cc1cccc(-c2cc(S(=O)(=O)Cl)ccc2F)c1. The lowest BCUT2D eigenvalue weighted by molar-refractivity contribution is 0.608. The van der Waals surface area contributed by atoms with E-state index in [4.69, 9.17) is 10.7 Å². The Balaban J connectivity index is 2.64. The average molecular weight is 285 g/mol. The molecule has 0 aromatic heterocycles. The summed E-state index contributed by atoms with van der Waals surface area (Å²) in [5, 5.41) is 0. The summed E-state index contributed by atoms with van der Waals surface area (Å²) >= 11 is 0. The van der Waals surface area contributed by atoms with Crippen LogP contribution >= 0.6 is 10.7 Å². The van der Waals surface area contributed by atoms with Crippen molar-refractivity contribution in [3.8, 4) is 11.1 Å². The molecule has 0 aliphatic carbocycles. The van der Waals surface area contributed by atoms with E-state index in [9.17, 15) is 12.8 Å². The maximum atomic E-state index is 13.7. The number of hydrogen-bond acceptors (Lipinski definition) is 2. The Hall–Kier alpha value is -1.39. The van der Waals surface area contributed by atoms with Crippen LogP contribution in [0.5, 0.6) is 0 Å². The zero-order chi connectivity index (χ0) is 13.3. The van der Waals surface area contributed by atoms with E-state index < -0.39 is 14.9 Å². The van der Waals surface area contributed by atoms with E-state index in [1.54, 1.807) is 18.2 Å². The topological polar surface area (TPSA) is 34.1 Å². The van der Waals surface area contributed by atoms with Crippen LogP contribution in [0.3, 0.4) is 0 Å². The number of aryl methyl sites for hydroxylation is 1. The standard InChI is InChI=1S/C13H10ClFO2S/c1-9-3-2-4-10(7-9)12-8-11(18(14,16)17)5-6-13(12)15/h2-8H,1H3. The lowest BCUT2D eigenvalue weighted by atomic mass is 10.0. The fourth-order valence-electron chi connectivity index (χ4n) is 1.69. The summed E-state index contributed by atoms with van der Waals surface area (Å²) in [5.74, 6) is -0.482. The molecule has 0 atom stereocenters. The second kappa shape index (κ2) is 4.71. The Morgan fingerprint density at radius 2 is 1.83 bits per heavy atom. The van der Waals surface area contributed by atoms with Gasteiger partial charge in [0.25, 0.3) is 9.05 Å². The predicted octanol–water partition coefficient (Wildman–Crippen LogP) is 3.73. The Kier molecular flexibility index (Phi) is 3.41. The summed E-state index contributed by atoms with van der Waals surface area (Å²) in [6, 6.07) is 10.7. The molecule has 0 saturated heterocycles. The van der Waals surface area contributed by atoms with E-state index in [0.717, 1.165) is 17.7 Å². The van der Waals surface area contributed by atoms with E-state index in [0.29, 0.717) is 5.56 Å². The van der Waals surface area contributed by atoms with Crippen LogP contribution in [0.25, 0.3) is 11.1 Å². The van der Waals surface area contributed by atoms with Gasteiger partial charge < -0.3 is 0 Å². The van der Waals surface area contributed by atoms with Crippen LogP contribution in [-0.4, -0.2) is 8.42 Å². The van der Waals surface area contributed by atoms with Gasteiger partial charge in [0.1, 0.15) is 5.82 Å². The van der Waals surface area contributed by atoms with Gasteiger partial charge in [0, 0.05) is 16.2 Å². The van der Waals surface area contributed by atoms with Crippen LogP contribution < -0.4 is 0 Å². The highest BCUT2D eigenvalue weighted by atomic mass is 35.7. The van der Waals surface area contributed by atoms with Crippen molar-refractivity contribution < 1.29 is 12.8 Å². The summed E-state index contributed by atoms with van der Waals surface area (Å²) in [7, 11) is 1.40. The molecule has 2 aromatic carbocycles. The molecule has 0 spiro atoms. The molecule has 5 heteroatoms. The number of halogens is 2. The molecular weight excluding hydrogens is 275 g/mol. The molecule has 0 aliphatic heterocycles. The molecule has 0 bridgehead atoms. The van der Waals surface area contributed by atoms with Gasteiger partial charge in [-0.3, -0.25) is 0 Å². The minimum Gasteiger partial charge on any atom is -0.207 e. The van der Waals surface area contributed by atoms with Gasteiger partial charge in [-0.05, 0) is 30.7 Å². The highest BCUT2D eigenvalue weighted by molar-refractivity contribution is 8.13. The quantitative estimate of drug-likeness (QED) is 0.788. The molecule has 0 amide bonds. The van der Waals surface area contributed by atoms with E-state index in [2.05, 4.69) is 0 Å². The molecule has 2 nitrogen and oxygen atoms in total. The second-order valence-electron chi connectivity index (χ2n) is 3.95. The fraction of sp³-hybridized carbons (Fsp3) is 0.0769. The molecular formula is C13H10ClFO2S.